The molecule has 0 aliphatic carbocycles. The van der Waals surface area contributed by atoms with Crippen LogP contribution in [-0.2, 0) is 13.1 Å². The minimum Gasteiger partial charge on any atom is -0.507 e. The van der Waals surface area contributed by atoms with Gasteiger partial charge in [0.25, 0.3) is 0 Å². The number of nitrogens with zero attached hydrogens (tertiary/aromatic N) is 2. The van der Waals surface area contributed by atoms with Crippen molar-refractivity contribution in [3.63, 3.8) is 0 Å². The van der Waals surface area contributed by atoms with Crippen LogP contribution in [0.1, 0.15) is 30.4 Å². The lowest BCUT2D eigenvalue weighted by molar-refractivity contribution is 0.229. The normalized spacial score (nSPS) is 14.1. The van der Waals surface area contributed by atoms with Crippen LogP contribution in [0.4, 0.5) is 0 Å². The molecule has 39 heavy (non-hydrogen) atoms. The van der Waals surface area contributed by atoms with E-state index in [0.717, 1.165) is 53.2 Å². The second-order valence-electron chi connectivity index (χ2n) is 10.8. The van der Waals surface area contributed by atoms with Gasteiger partial charge in [-0.2, -0.15) is 0 Å². The Labute approximate surface area is 230 Å². The molecule has 5 aromatic carbocycles. The molecule has 4 heteroatoms. The van der Waals surface area contributed by atoms with Crippen LogP contribution in [0.3, 0.4) is 0 Å². The fourth-order valence-electron chi connectivity index (χ4n) is 6.11. The second-order valence-corrected chi connectivity index (χ2v) is 10.8. The number of benzene rings is 5. The van der Waals surface area contributed by atoms with Gasteiger partial charge in [0.1, 0.15) is 11.5 Å². The number of phenols is 2. The van der Waals surface area contributed by atoms with E-state index in [-0.39, 0.29) is 11.5 Å². The summed E-state index contributed by atoms with van der Waals surface area (Å²) in [6.45, 7) is 5.94. The Kier molecular flexibility index (Phi) is 7.49. The number of rotatable bonds is 9. The summed E-state index contributed by atoms with van der Waals surface area (Å²) in [4.78, 5) is 5.01. The van der Waals surface area contributed by atoms with Gasteiger partial charge in [-0.25, -0.2) is 0 Å². The molecule has 2 N–H and O–H groups in total. The number of hydrogen-bond acceptors (Lipinski definition) is 4. The van der Waals surface area contributed by atoms with Gasteiger partial charge in [0, 0.05) is 36.3 Å². The second kappa shape index (κ2) is 11.5. The zero-order valence-electron chi connectivity index (χ0n) is 22.4. The fourth-order valence-corrected chi connectivity index (χ4v) is 6.11. The quantitative estimate of drug-likeness (QED) is 0.212. The van der Waals surface area contributed by atoms with Crippen LogP contribution >= 0.6 is 0 Å². The highest BCUT2D eigenvalue weighted by Crippen LogP contribution is 2.46. The summed E-state index contributed by atoms with van der Waals surface area (Å²) in [5, 5.41) is 27.0. The highest BCUT2D eigenvalue weighted by atomic mass is 16.3. The van der Waals surface area contributed by atoms with Gasteiger partial charge in [0.15, 0.2) is 0 Å². The van der Waals surface area contributed by atoms with E-state index in [9.17, 15) is 10.2 Å². The molecule has 1 aliphatic heterocycles. The molecule has 1 fully saturated rings. The first-order chi connectivity index (χ1) is 19.2. The molecule has 0 unspecified atom stereocenters. The summed E-state index contributed by atoms with van der Waals surface area (Å²) in [7, 11) is 0. The van der Waals surface area contributed by atoms with E-state index in [2.05, 4.69) is 52.3 Å². The van der Waals surface area contributed by atoms with Crippen LogP contribution in [0, 0.1) is 0 Å². The SMILES string of the molecule is Oc1ccc2ccccc2c1-c1c(O)c(CN(CCCN2CCCC2)Cc2ccccc2)cc2ccccc12. The molecule has 0 spiro atoms. The molecule has 0 radical (unpaired) electrons. The smallest absolute Gasteiger partial charge is 0.128 e. The number of hydrogen-bond donors (Lipinski definition) is 2. The third-order valence-corrected chi connectivity index (χ3v) is 8.05. The molecule has 1 aliphatic rings. The Bertz CT molecular complexity index is 1570. The van der Waals surface area contributed by atoms with Crippen molar-refractivity contribution in [1.29, 1.82) is 0 Å². The Balaban J connectivity index is 1.40. The summed E-state index contributed by atoms with van der Waals surface area (Å²) in [6, 6.07) is 32.6. The van der Waals surface area contributed by atoms with E-state index in [1.165, 1.54) is 31.5 Å². The minimum atomic E-state index is 0.179. The first-order valence-electron chi connectivity index (χ1n) is 14.1. The standard InChI is InChI=1S/C35H36N2O2/c38-32-18-17-27-13-4-6-15-30(27)33(32)34-31-16-7-5-14-28(31)23-29(35(34)39)25-37(24-26-11-2-1-3-12-26)22-10-21-36-19-8-9-20-36/h1-7,11-18,23,38-39H,8-10,19-22,24-25H2. The van der Waals surface area contributed by atoms with Gasteiger partial charge < -0.3 is 15.1 Å². The maximum atomic E-state index is 11.9. The van der Waals surface area contributed by atoms with Crippen LogP contribution in [0.15, 0.2) is 97.1 Å². The fraction of sp³-hybridized carbons (Fsp3) is 0.257. The molecule has 4 nitrogen and oxygen atoms in total. The van der Waals surface area contributed by atoms with Gasteiger partial charge in [-0.15, -0.1) is 0 Å². The van der Waals surface area contributed by atoms with Gasteiger partial charge in [-0.3, -0.25) is 4.90 Å². The van der Waals surface area contributed by atoms with Crippen molar-refractivity contribution >= 4 is 21.5 Å². The number of phenolic OH excluding ortho intramolecular Hbond substituents is 2. The van der Waals surface area contributed by atoms with Gasteiger partial charge in [0.2, 0.25) is 0 Å². The first kappa shape index (κ1) is 25.4. The zero-order chi connectivity index (χ0) is 26.6. The summed E-state index contributed by atoms with van der Waals surface area (Å²) >= 11 is 0. The largest absolute Gasteiger partial charge is 0.507 e. The van der Waals surface area contributed by atoms with E-state index >= 15 is 0 Å². The summed E-state index contributed by atoms with van der Waals surface area (Å²) in [5.41, 5.74) is 3.54. The van der Waals surface area contributed by atoms with Crippen molar-refractivity contribution in [2.24, 2.45) is 0 Å². The highest BCUT2D eigenvalue weighted by Gasteiger charge is 2.21. The Morgan fingerprint density at radius 1 is 0.667 bits per heavy atom. The van der Waals surface area contributed by atoms with Crippen molar-refractivity contribution in [2.45, 2.75) is 32.4 Å². The number of aromatic hydroxyl groups is 2. The molecule has 6 rings (SSSR count). The van der Waals surface area contributed by atoms with Crippen LogP contribution in [0.5, 0.6) is 11.5 Å². The molecule has 198 valence electrons. The third-order valence-electron chi connectivity index (χ3n) is 8.05. The predicted octanol–water partition coefficient (Wildman–Crippen LogP) is 7.56. The first-order valence-corrected chi connectivity index (χ1v) is 14.1. The maximum absolute atomic E-state index is 11.9. The average Bonchev–Trinajstić information content (AvgIpc) is 3.48. The van der Waals surface area contributed by atoms with Crippen molar-refractivity contribution in [3.05, 3.63) is 108 Å². The lowest BCUT2D eigenvalue weighted by Crippen LogP contribution is -2.28. The Morgan fingerprint density at radius 2 is 1.33 bits per heavy atom. The van der Waals surface area contributed by atoms with E-state index in [1.54, 1.807) is 6.07 Å². The van der Waals surface area contributed by atoms with Crippen LogP contribution < -0.4 is 0 Å². The molecule has 1 heterocycles. The van der Waals surface area contributed by atoms with Crippen LogP contribution in [-0.4, -0.2) is 46.2 Å². The molecule has 0 atom stereocenters. The molecule has 0 saturated carbocycles. The predicted molar refractivity (Wildman–Crippen MR) is 161 cm³/mol. The van der Waals surface area contributed by atoms with Crippen LogP contribution in [0.25, 0.3) is 32.7 Å². The summed E-state index contributed by atoms with van der Waals surface area (Å²) < 4.78 is 0. The third kappa shape index (κ3) is 5.49. The van der Waals surface area contributed by atoms with E-state index in [1.807, 2.05) is 48.5 Å². The van der Waals surface area contributed by atoms with Crippen molar-refractivity contribution in [1.82, 2.24) is 9.80 Å². The van der Waals surface area contributed by atoms with Gasteiger partial charge in [-0.1, -0.05) is 84.9 Å². The Morgan fingerprint density at radius 3 is 2.10 bits per heavy atom. The maximum Gasteiger partial charge on any atom is 0.128 e. The molecule has 0 aromatic heterocycles. The molecular formula is C35H36N2O2. The highest BCUT2D eigenvalue weighted by molar-refractivity contribution is 6.10. The van der Waals surface area contributed by atoms with Crippen LogP contribution in [0.2, 0.25) is 0 Å². The van der Waals surface area contributed by atoms with Crippen molar-refractivity contribution < 1.29 is 10.2 Å². The molecule has 0 bridgehead atoms. The van der Waals surface area contributed by atoms with Gasteiger partial charge >= 0.3 is 0 Å². The van der Waals surface area contributed by atoms with E-state index < -0.39 is 0 Å². The minimum absolute atomic E-state index is 0.179. The lowest BCUT2D eigenvalue weighted by atomic mass is 9.90. The Hall–Kier alpha value is -3.86. The van der Waals surface area contributed by atoms with Crippen molar-refractivity contribution in [2.75, 3.05) is 26.2 Å². The van der Waals surface area contributed by atoms with E-state index in [4.69, 9.17) is 0 Å². The summed E-state index contributed by atoms with van der Waals surface area (Å²) in [6.07, 6.45) is 3.71. The monoisotopic (exact) mass is 516 g/mol. The molecular weight excluding hydrogens is 480 g/mol. The zero-order valence-corrected chi connectivity index (χ0v) is 22.4. The molecule has 1 saturated heterocycles. The van der Waals surface area contributed by atoms with E-state index in [0.29, 0.717) is 17.7 Å². The lowest BCUT2D eigenvalue weighted by Gasteiger charge is -2.25. The topological polar surface area (TPSA) is 46.9 Å². The van der Waals surface area contributed by atoms with Crippen molar-refractivity contribution in [3.8, 4) is 22.6 Å². The van der Waals surface area contributed by atoms with Gasteiger partial charge in [0.05, 0.1) is 0 Å². The summed E-state index contributed by atoms with van der Waals surface area (Å²) in [5.74, 6) is 0.427. The average molecular weight is 517 g/mol. The molecule has 5 aromatic rings. The van der Waals surface area contributed by atoms with Gasteiger partial charge in [-0.05, 0) is 78.1 Å². The number of likely N-dealkylation sites (tertiary alicyclic amines) is 1. The number of fused-ring (bicyclic) bond motifs is 2. The molecule has 0 amide bonds.